The largest absolute Gasteiger partial charge is 0.480 e. The molecule has 5 heteroatoms. The van der Waals surface area contributed by atoms with Gasteiger partial charge in [0.05, 0.1) is 0 Å². The van der Waals surface area contributed by atoms with E-state index in [4.69, 9.17) is 10.8 Å². The van der Waals surface area contributed by atoms with E-state index < -0.39 is 11.5 Å². The summed E-state index contributed by atoms with van der Waals surface area (Å²) in [6.07, 6.45) is 1.52. The van der Waals surface area contributed by atoms with E-state index in [9.17, 15) is 4.79 Å². The molecule has 1 aliphatic rings. The first-order valence-corrected chi connectivity index (χ1v) is 6.30. The van der Waals surface area contributed by atoms with Gasteiger partial charge in [-0.3, -0.25) is 4.79 Å². The van der Waals surface area contributed by atoms with Crippen molar-refractivity contribution in [3.8, 4) is 0 Å². The van der Waals surface area contributed by atoms with Crippen LogP contribution in [0, 0.1) is 0 Å². The molecular weight excluding hydrogens is 224 g/mol. The molecule has 3 N–H and O–H groups in total. The molecule has 0 aliphatic carbocycles. The third-order valence-corrected chi connectivity index (χ3v) is 3.83. The van der Waals surface area contributed by atoms with E-state index in [0.717, 1.165) is 19.5 Å². The summed E-state index contributed by atoms with van der Waals surface area (Å²) in [5.74, 6) is -0.884. The molecule has 1 unspecified atom stereocenters. The first-order valence-electron chi connectivity index (χ1n) is 5.36. The Morgan fingerprint density at radius 2 is 2.50 bits per heavy atom. The highest BCUT2D eigenvalue weighted by molar-refractivity contribution is 7.07. The lowest BCUT2D eigenvalue weighted by Gasteiger charge is -2.19. The van der Waals surface area contributed by atoms with Crippen molar-refractivity contribution in [2.75, 3.05) is 19.6 Å². The average Bonchev–Trinajstić information content (AvgIpc) is 2.85. The molecule has 1 saturated heterocycles. The van der Waals surface area contributed by atoms with Crippen molar-refractivity contribution in [2.45, 2.75) is 18.4 Å². The summed E-state index contributed by atoms with van der Waals surface area (Å²) in [6.45, 7) is 2.14. The van der Waals surface area contributed by atoms with E-state index in [1.54, 1.807) is 11.3 Å². The molecule has 0 aromatic carbocycles. The zero-order valence-electron chi connectivity index (χ0n) is 9.06. The number of nitrogens with two attached hydrogens (primary N) is 1. The van der Waals surface area contributed by atoms with Crippen molar-refractivity contribution in [3.05, 3.63) is 22.4 Å². The third-order valence-electron chi connectivity index (χ3n) is 3.10. The molecule has 88 valence electrons. The number of hydrogen-bond acceptors (Lipinski definition) is 4. The molecule has 0 spiro atoms. The van der Waals surface area contributed by atoms with Crippen molar-refractivity contribution in [1.29, 1.82) is 0 Å². The quantitative estimate of drug-likeness (QED) is 0.816. The van der Waals surface area contributed by atoms with Crippen LogP contribution in [0.2, 0.25) is 0 Å². The van der Waals surface area contributed by atoms with Crippen LogP contribution in [0.3, 0.4) is 0 Å². The average molecular weight is 240 g/mol. The first kappa shape index (κ1) is 11.6. The van der Waals surface area contributed by atoms with Crippen molar-refractivity contribution in [1.82, 2.24) is 4.90 Å². The number of carbonyl (C=O) groups is 1. The van der Waals surface area contributed by atoms with Crippen LogP contribution in [0.5, 0.6) is 0 Å². The summed E-state index contributed by atoms with van der Waals surface area (Å²) >= 11 is 1.69. The minimum atomic E-state index is -1.03. The van der Waals surface area contributed by atoms with Gasteiger partial charge in [-0.05, 0) is 35.2 Å². The molecule has 0 radical (unpaired) electrons. The Kier molecular flexibility index (Phi) is 3.28. The van der Waals surface area contributed by atoms with Gasteiger partial charge in [0.2, 0.25) is 0 Å². The second-order valence-electron chi connectivity index (χ2n) is 4.37. The highest BCUT2D eigenvalue weighted by Gasteiger charge is 2.40. The van der Waals surface area contributed by atoms with Crippen LogP contribution in [-0.4, -0.2) is 41.1 Å². The van der Waals surface area contributed by atoms with Crippen LogP contribution < -0.4 is 5.73 Å². The molecule has 0 amide bonds. The molecule has 1 atom stereocenters. The van der Waals surface area contributed by atoms with Crippen molar-refractivity contribution in [3.63, 3.8) is 0 Å². The van der Waals surface area contributed by atoms with E-state index in [1.165, 1.54) is 5.56 Å². The van der Waals surface area contributed by atoms with Crippen LogP contribution in [0.25, 0.3) is 0 Å². The van der Waals surface area contributed by atoms with Crippen LogP contribution in [0.4, 0.5) is 0 Å². The van der Waals surface area contributed by atoms with E-state index in [2.05, 4.69) is 21.7 Å². The molecule has 2 rings (SSSR count). The van der Waals surface area contributed by atoms with Crippen molar-refractivity contribution in [2.24, 2.45) is 5.73 Å². The summed E-state index contributed by atoms with van der Waals surface area (Å²) < 4.78 is 0. The normalized spacial score (nSPS) is 26.1. The van der Waals surface area contributed by atoms with Gasteiger partial charge >= 0.3 is 5.97 Å². The molecule has 0 bridgehead atoms. The van der Waals surface area contributed by atoms with Gasteiger partial charge < -0.3 is 15.7 Å². The molecular formula is C11H16N2O2S. The number of aliphatic carboxylic acids is 1. The lowest BCUT2D eigenvalue weighted by atomic mass is 10.0. The second-order valence-corrected chi connectivity index (χ2v) is 5.15. The summed E-state index contributed by atoms with van der Waals surface area (Å²) in [6, 6.07) is 2.10. The number of likely N-dealkylation sites (tertiary alicyclic amines) is 1. The van der Waals surface area contributed by atoms with Crippen LogP contribution in [0.1, 0.15) is 12.0 Å². The molecule has 2 heterocycles. The van der Waals surface area contributed by atoms with Gasteiger partial charge in [0.15, 0.2) is 0 Å². The Labute approximate surface area is 98.7 Å². The fraction of sp³-hybridized carbons (Fsp3) is 0.545. The predicted octanol–water partition coefficient (Wildman–Crippen LogP) is 0.778. The molecule has 1 fully saturated rings. The Hall–Kier alpha value is -0.910. The number of rotatable bonds is 4. The summed E-state index contributed by atoms with van der Waals surface area (Å²) in [7, 11) is 0. The van der Waals surface area contributed by atoms with Crippen LogP contribution in [0.15, 0.2) is 16.8 Å². The maximum atomic E-state index is 11.0. The lowest BCUT2D eigenvalue weighted by molar-refractivity contribution is -0.142. The molecule has 16 heavy (non-hydrogen) atoms. The van der Waals surface area contributed by atoms with Gasteiger partial charge in [-0.25, -0.2) is 0 Å². The number of carboxylic acid groups (broad SMARTS) is 1. The summed E-state index contributed by atoms with van der Waals surface area (Å²) in [5, 5.41) is 13.2. The van der Waals surface area contributed by atoms with E-state index >= 15 is 0 Å². The molecule has 0 saturated carbocycles. The van der Waals surface area contributed by atoms with Gasteiger partial charge in [-0.1, -0.05) is 0 Å². The maximum Gasteiger partial charge on any atom is 0.325 e. The summed E-state index contributed by atoms with van der Waals surface area (Å²) in [5.41, 5.74) is 6.08. The fourth-order valence-electron chi connectivity index (χ4n) is 2.00. The monoisotopic (exact) mass is 240 g/mol. The highest BCUT2D eigenvalue weighted by Crippen LogP contribution is 2.19. The van der Waals surface area contributed by atoms with Gasteiger partial charge in [0.25, 0.3) is 0 Å². The number of nitrogens with zero attached hydrogens (tertiary/aromatic N) is 1. The Morgan fingerprint density at radius 1 is 1.69 bits per heavy atom. The zero-order chi connectivity index (χ0) is 11.6. The van der Waals surface area contributed by atoms with Crippen molar-refractivity contribution >= 4 is 17.3 Å². The SMILES string of the molecule is NC1(C(=O)O)CCN(CCc2ccsc2)C1. The minimum Gasteiger partial charge on any atom is -0.480 e. The van der Waals surface area contributed by atoms with E-state index in [0.29, 0.717) is 13.0 Å². The van der Waals surface area contributed by atoms with Gasteiger partial charge in [0.1, 0.15) is 5.54 Å². The second kappa shape index (κ2) is 4.53. The number of thiophene rings is 1. The van der Waals surface area contributed by atoms with E-state index in [1.807, 2.05) is 0 Å². The lowest BCUT2D eigenvalue weighted by Crippen LogP contribution is -2.50. The Bertz CT molecular complexity index is 366. The molecule has 1 aromatic heterocycles. The zero-order valence-corrected chi connectivity index (χ0v) is 9.87. The standard InChI is InChI=1S/C11H16N2O2S/c12-11(10(14)15)3-5-13(8-11)4-1-9-2-6-16-7-9/h2,6-7H,1,3-5,8,12H2,(H,14,15). The summed E-state index contributed by atoms with van der Waals surface area (Å²) in [4.78, 5) is 13.1. The Morgan fingerprint density at radius 3 is 3.06 bits per heavy atom. The predicted molar refractivity (Wildman–Crippen MR) is 63.6 cm³/mol. The molecule has 1 aliphatic heterocycles. The number of hydrogen-bond donors (Lipinski definition) is 2. The minimum absolute atomic E-state index is 0.465. The van der Waals surface area contributed by atoms with Gasteiger partial charge in [0, 0.05) is 19.6 Å². The van der Waals surface area contributed by atoms with Gasteiger partial charge in [-0.15, -0.1) is 0 Å². The van der Waals surface area contributed by atoms with Gasteiger partial charge in [-0.2, -0.15) is 11.3 Å². The van der Waals surface area contributed by atoms with Crippen molar-refractivity contribution < 1.29 is 9.90 Å². The van der Waals surface area contributed by atoms with Crippen LogP contribution in [-0.2, 0) is 11.2 Å². The molecule has 4 nitrogen and oxygen atoms in total. The third kappa shape index (κ3) is 2.42. The Balaban J connectivity index is 1.83. The smallest absolute Gasteiger partial charge is 0.325 e. The fourth-order valence-corrected chi connectivity index (χ4v) is 2.71. The topological polar surface area (TPSA) is 66.6 Å². The highest BCUT2D eigenvalue weighted by atomic mass is 32.1. The van der Waals surface area contributed by atoms with E-state index in [-0.39, 0.29) is 0 Å². The molecule has 1 aromatic rings. The first-order chi connectivity index (χ1) is 7.60. The number of carboxylic acids is 1. The van der Waals surface area contributed by atoms with Crippen LogP contribution >= 0.6 is 11.3 Å². The maximum absolute atomic E-state index is 11.0.